The molecule has 1 heterocycles. The zero-order valence-corrected chi connectivity index (χ0v) is 4.98. The van der Waals surface area contributed by atoms with Crippen LogP contribution in [0.25, 0.3) is 0 Å². The second-order valence-corrected chi connectivity index (χ2v) is 1.65. The molecular formula is C4H6N4O2. The van der Waals surface area contributed by atoms with Crippen LogP contribution in [0.5, 0.6) is 0 Å². The van der Waals surface area contributed by atoms with Gasteiger partial charge in [0.15, 0.2) is 11.9 Å². The number of hydrogen-bond donors (Lipinski definition) is 3. The maximum Gasteiger partial charge on any atom is 0.276 e. The van der Waals surface area contributed by atoms with E-state index in [0.717, 1.165) is 6.33 Å². The van der Waals surface area contributed by atoms with Gasteiger partial charge in [-0.3, -0.25) is 4.79 Å². The minimum Gasteiger partial charge on any atom is -0.373 e. The summed E-state index contributed by atoms with van der Waals surface area (Å²) in [5, 5.41) is 15.3. The van der Waals surface area contributed by atoms with E-state index in [0.29, 0.717) is 0 Å². The molecule has 0 amide bonds. The first-order valence-electron chi connectivity index (χ1n) is 2.55. The summed E-state index contributed by atoms with van der Waals surface area (Å²) in [7, 11) is 0. The minimum atomic E-state index is -1.36. The predicted octanol–water partition coefficient (Wildman–Crippen LogP) is -1.89. The summed E-state index contributed by atoms with van der Waals surface area (Å²) in [6.07, 6.45) is -0.244. The fraction of sp³-hybridized carbons (Fsp3) is 0.250. The topological polar surface area (TPSA) is 105 Å². The van der Waals surface area contributed by atoms with Gasteiger partial charge >= 0.3 is 0 Å². The minimum absolute atomic E-state index is 0.178. The number of aliphatic hydroxyl groups is 1. The second-order valence-electron chi connectivity index (χ2n) is 1.65. The van der Waals surface area contributed by atoms with Gasteiger partial charge in [-0.2, -0.15) is 0 Å². The van der Waals surface area contributed by atoms with Crippen LogP contribution in [0.4, 0.5) is 0 Å². The average molecular weight is 142 g/mol. The molecule has 0 aliphatic rings. The Morgan fingerprint density at radius 1 is 1.80 bits per heavy atom. The summed E-state index contributed by atoms with van der Waals surface area (Å²) in [6, 6.07) is 0. The number of nitrogens with two attached hydrogens (primary N) is 1. The third-order valence-electron chi connectivity index (χ3n) is 0.932. The molecule has 1 rings (SSSR count). The molecule has 0 saturated carbocycles. The molecule has 0 aliphatic carbocycles. The molecule has 0 spiro atoms. The lowest BCUT2D eigenvalue weighted by Gasteiger charge is -1.97. The molecule has 6 heteroatoms. The Bertz CT molecular complexity index is 268. The first kappa shape index (κ1) is 6.84. The molecule has 4 N–H and O–H groups in total. The molecule has 1 aromatic rings. The van der Waals surface area contributed by atoms with Gasteiger partial charge in [-0.1, -0.05) is 0 Å². The number of nitrogens with one attached hydrogen (secondary N) is 1. The van der Waals surface area contributed by atoms with Crippen molar-refractivity contribution in [3.8, 4) is 0 Å². The van der Waals surface area contributed by atoms with Gasteiger partial charge in [0.05, 0.1) is 0 Å². The maximum absolute atomic E-state index is 10.7. The number of rotatable bonds is 1. The van der Waals surface area contributed by atoms with Gasteiger partial charge in [0, 0.05) is 0 Å². The normalized spacial score (nSPS) is 13.0. The van der Waals surface area contributed by atoms with Crippen LogP contribution in [0.1, 0.15) is 11.9 Å². The van der Waals surface area contributed by atoms with Gasteiger partial charge in [-0.15, -0.1) is 10.2 Å². The smallest absolute Gasteiger partial charge is 0.276 e. The molecule has 0 aromatic carbocycles. The van der Waals surface area contributed by atoms with Crippen molar-refractivity contribution in [3.05, 3.63) is 22.4 Å². The molecule has 1 unspecified atom stereocenters. The van der Waals surface area contributed by atoms with Gasteiger partial charge < -0.3 is 15.8 Å². The van der Waals surface area contributed by atoms with Crippen molar-refractivity contribution in [2.45, 2.75) is 6.23 Å². The van der Waals surface area contributed by atoms with Crippen LogP contribution in [-0.2, 0) is 0 Å². The van der Waals surface area contributed by atoms with Crippen LogP contribution >= 0.6 is 0 Å². The van der Waals surface area contributed by atoms with Crippen molar-refractivity contribution < 1.29 is 5.11 Å². The molecule has 0 bridgehead atoms. The van der Waals surface area contributed by atoms with Crippen LogP contribution in [-0.4, -0.2) is 20.3 Å². The Kier molecular flexibility index (Phi) is 1.74. The second kappa shape index (κ2) is 2.54. The van der Waals surface area contributed by atoms with E-state index >= 15 is 0 Å². The van der Waals surface area contributed by atoms with E-state index in [4.69, 9.17) is 10.8 Å². The fourth-order valence-corrected chi connectivity index (χ4v) is 0.491. The molecule has 0 radical (unpaired) electrons. The third kappa shape index (κ3) is 1.17. The lowest BCUT2D eigenvalue weighted by Crippen LogP contribution is -2.23. The summed E-state index contributed by atoms with van der Waals surface area (Å²) in [6.45, 7) is 0. The first-order valence-corrected chi connectivity index (χ1v) is 2.55. The predicted molar refractivity (Wildman–Crippen MR) is 31.8 cm³/mol. The largest absolute Gasteiger partial charge is 0.373 e. The van der Waals surface area contributed by atoms with Crippen molar-refractivity contribution >= 4 is 0 Å². The zero-order valence-electron chi connectivity index (χ0n) is 4.98. The zero-order chi connectivity index (χ0) is 7.56. The SMILES string of the molecule is NC(O)c1nnc[nH]c1=O. The van der Waals surface area contributed by atoms with Gasteiger partial charge in [0.25, 0.3) is 5.56 Å². The average Bonchev–Trinajstić information content (AvgIpc) is 1.88. The third-order valence-corrected chi connectivity index (χ3v) is 0.932. The number of hydrogen-bond acceptors (Lipinski definition) is 5. The van der Waals surface area contributed by atoms with Crippen molar-refractivity contribution in [2.75, 3.05) is 0 Å². The Morgan fingerprint density at radius 3 is 2.90 bits per heavy atom. The highest BCUT2D eigenvalue weighted by Gasteiger charge is 2.06. The summed E-state index contributed by atoms with van der Waals surface area (Å²) >= 11 is 0. The van der Waals surface area contributed by atoms with Crippen molar-refractivity contribution in [3.63, 3.8) is 0 Å². The number of aromatic nitrogens is 3. The van der Waals surface area contributed by atoms with Gasteiger partial charge in [-0.05, 0) is 0 Å². The molecule has 1 aromatic heterocycles. The molecule has 10 heavy (non-hydrogen) atoms. The molecule has 54 valence electrons. The number of H-pyrrole nitrogens is 1. The van der Waals surface area contributed by atoms with Crippen LogP contribution in [0.15, 0.2) is 11.1 Å². The van der Waals surface area contributed by atoms with Crippen LogP contribution in [0, 0.1) is 0 Å². The summed E-state index contributed by atoms with van der Waals surface area (Å²) in [5.74, 6) is 0. The van der Waals surface area contributed by atoms with E-state index < -0.39 is 11.8 Å². The van der Waals surface area contributed by atoms with Crippen molar-refractivity contribution in [1.29, 1.82) is 0 Å². The van der Waals surface area contributed by atoms with E-state index in [-0.39, 0.29) is 5.69 Å². The van der Waals surface area contributed by atoms with Crippen LogP contribution in [0.2, 0.25) is 0 Å². The number of aromatic amines is 1. The van der Waals surface area contributed by atoms with Gasteiger partial charge in [0.2, 0.25) is 0 Å². The first-order chi connectivity index (χ1) is 4.72. The molecule has 0 fully saturated rings. The Labute approximate surface area is 55.7 Å². The van der Waals surface area contributed by atoms with Crippen molar-refractivity contribution in [1.82, 2.24) is 15.2 Å². The molecule has 0 saturated heterocycles. The molecule has 6 nitrogen and oxygen atoms in total. The fourth-order valence-electron chi connectivity index (χ4n) is 0.491. The summed E-state index contributed by atoms with van der Waals surface area (Å²) in [5.41, 5.74) is 4.25. The highest BCUT2D eigenvalue weighted by molar-refractivity contribution is 4.94. The Balaban J connectivity index is 3.16. The molecule has 1 atom stereocenters. The van der Waals surface area contributed by atoms with E-state index in [1.165, 1.54) is 0 Å². The van der Waals surface area contributed by atoms with Crippen LogP contribution in [0.3, 0.4) is 0 Å². The van der Waals surface area contributed by atoms with Gasteiger partial charge in [-0.25, -0.2) is 0 Å². The quantitative estimate of drug-likeness (QED) is 0.398. The van der Waals surface area contributed by atoms with E-state index in [1.807, 2.05) is 0 Å². The maximum atomic E-state index is 10.7. The lowest BCUT2D eigenvalue weighted by atomic mass is 10.4. The standard InChI is InChI=1S/C4H6N4O2/c5-3(9)2-4(10)6-1-7-8-2/h1,3,9H,5H2,(H,6,7,10). The molecular weight excluding hydrogens is 136 g/mol. The summed E-state index contributed by atoms with van der Waals surface area (Å²) in [4.78, 5) is 12.9. The Hall–Kier alpha value is -1.27. The van der Waals surface area contributed by atoms with Gasteiger partial charge in [0.1, 0.15) is 6.33 Å². The van der Waals surface area contributed by atoms with E-state index in [2.05, 4.69) is 15.2 Å². The number of nitrogens with zero attached hydrogens (tertiary/aromatic N) is 2. The van der Waals surface area contributed by atoms with Crippen LogP contribution < -0.4 is 11.3 Å². The van der Waals surface area contributed by atoms with E-state index in [9.17, 15) is 4.79 Å². The summed E-state index contributed by atoms with van der Waals surface area (Å²) < 4.78 is 0. The lowest BCUT2D eigenvalue weighted by molar-refractivity contribution is 0.178. The highest BCUT2D eigenvalue weighted by atomic mass is 16.3. The number of aliphatic hydroxyl groups excluding tert-OH is 1. The van der Waals surface area contributed by atoms with Crippen molar-refractivity contribution in [2.24, 2.45) is 5.73 Å². The Morgan fingerprint density at radius 2 is 2.50 bits per heavy atom. The van der Waals surface area contributed by atoms with E-state index in [1.54, 1.807) is 0 Å². The monoisotopic (exact) mass is 142 g/mol. The molecule has 0 aliphatic heterocycles. The highest BCUT2D eigenvalue weighted by Crippen LogP contribution is 1.89.